The molecule has 1 aliphatic carbocycles. The lowest BCUT2D eigenvalue weighted by molar-refractivity contribution is 0.0873. The Labute approximate surface area is 310 Å². The molecule has 4 nitrogen and oxygen atoms in total. The molecule has 0 amide bonds. The molecule has 0 N–H and O–H groups in total. The van der Waals surface area contributed by atoms with Crippen molar-refractivity contribution in [3.8, 4) is 0 Å². The van der Waals surface area contributed by atoms with Crippen molar-refractivity contribution in [2.75, 3.05) is 6.61 Å². The van der Waals surface area contributed by atoms with E-state index >= 15 is 0 Å². The van der Waals surface area contributed by atoms with Gasteiger partial charge in [-0.05, 0) is 70.7 Å². The van der Waals surface area contributed by atoms with Crippen LogP contribution in [0.2, 0.25) is 0 Å². The second-order valence-electron chi connectivity index (χ2n) is 15.3. The molecule has 4 heteroatoms. The molecule has 1 fully saturated rings. The van der Waals surface area contributed by atoms with Crippen molar-refractivity contribution < 1.29 is 4.74 Å². The van der Waals surface area contributed by atoms with Crippen LogP contribution in [0.15, 0.2) is 162 Å². The highest BCUT2D eigenvalue weighted by Gasteiger charge is 2.44. The summed E-state index contributed by atoms with van der Waals surface area (Å²) in [5.74, 6) is 1.29. The lowest BCUT2D eigenvalue weighted by atomic mass is 9.92. The molecule has 1 unspecified atom stereocenters. The van der Waals surface area contributed by atoms with Gasteiger partial charge in [0, 0.05) is 49.4 Å². The molecule has 0 saturated heterocycles. The van der Waals surface area contributed by atoms with Crippen molar-refractivity contribution in [3.63, 3.8) is 0 Å². The van der Waals surface area contributed by atoms with Crippen LogP contribution in [-0.2, 0) is 4.74 Å². The van der Waals surface area contributed by atoms with E-state index in [1.54, 1.807) is 0 Å². The third-order valence-corrected chi connectivity index (χ3v) is 12.5. The monoisotopic (exact) mass is 691 g/mol. The highest BCUT2D eigenvalue weighted by Crippen LogP contribution is 2.54. The average Bonchev–Trinajstić information content (AvgIpc) is 3.76. The number of fused-ring (bicyclic) bond motifs is 15. The van der Waals surface area contributed by atoms with E-state index in [9.17, 15) is 0 Å². The Kier molecular flexibility index (Phi) is 5.56. The molecule has 3 aromatic heterocycles. The number of aliphatic imine (C=N–C) groups is 1. The van der Waals surface area contributed by atoms with Crippen LogP contribution in [0, 0.1) is 5.92 Å². The third-order valence-electron chi connectivity index (χ3n) is 12.5. The third kappa shape index (κ3) is 3.63. The lowest BCUT2D eigenvalue weighted by Gasteiger charge is -2.15. The number of allylic oxidation sites excluding steroid dienone is 1. The Bertz CT molecular complexity index is 3370. The highest BCUT2D eigenvalue weighted by atomic mass is 16.5. The van der Waals surface area contributed by atoms with Crippen LogP contribution in [0.3, 0.4) is 0 Å². The Morgan fingerprint density at radius 3 is 2.24 bits per heavy atom. The van der Waals surface area contributed by atoms with Gasteiger partial charge in [0.1, 0.15) is 5.84 Å². The minimum atomic E-state index is -0.0412. The maximum Gasteiger partial charge on any atom is 0.121 e. The number of benzene rings is 7. The zero-order valence-electron chi connectivity index (χ0n) is 29.7. The summed E-state index contributed by atoms with van der Waals surface area (Å²) in [5, 5.41) is 10.3. The van der Waals surface area contributed by atoms with Crippen LogP contribution in [0.4, 0.5) is 0 Å². The largest absolute Gasteiger partial charge is 0.369 e. The molecule has 254 valence electrons. The van der Waals surface area contributed by atoms with E-state index in [1.165, 1.54) is 98.5 Å². The van der Waals surface area contributed by atoms with Gasteiger partial charge in [0.05, 0.1) is 46.0 Å². The molecule has 0 radical (unpaired) electrons. The highest BCUT2D eigenvalue weighted by molar-refractivity contribution is 6.37. The number of hydrogen-bond acceptors (Lipinski definition) is 2. The summed E-state index contributed by atoms with van der Waals surface area (Å²) >= 11 is 0. The Balaban J connectivity index is 1.22. The van der Waals surface area contributed by atoms with E-state index < -0.39 is 0 Å². The van der Waals surface area contributed by atoms with Crippen LogP contribution < -0.4 is 0 Å². The second-order valence-corrected chi connectivity index (χ2v) is 15.3. The topological polar surface area (TPSA) is 30.9 Å². The van der Waals surface area contributed by atoms with Gasteiger partial charge >= 0.3 is 0 Å². The van der Waals surface area contributed by atoms with E-state index in [-0.39, 0.29) is 12.0 Å². The van der Waals surface area contributed by atoms with Crippen molar-refractivity contribution in [1.82, 2.24) is 8.97 Å². The molecule has 13 rings (SSSR count). The van der Waals surface area contributed by atoms with Crippen LogP contribution in [0.1, 0.15) is 36.1 Å². The molecular weight excluding hydrogens is 659 g/mol. The van der Waals surface area contributed by atoms with E-state index in [0.717, 1.165) is 23.5 Å². The standard InChI is InChI=1S/C50H33N3O/c1-28-31-16-7-8-19-34(31)47-40(27-54-28)44(30-14-3-2-4-15-30)36-25-38(36)50(51-47)53-41-21-11-9-18-33(41)37-26-39-45-32-17-6-5-13-29(32)23-24-43(45)52-42-22-12-10-20-35(42)46(48(37)53)49(39)52/h2-24,26,28,38H,25,27H2,1H3/t28-,38?/m0/s1. The van der Waals surface area contributed by atoms with Crippen LogP contribution >= 0.6 is 0 Å². The van der Waals surface area contributed by atoms with E-state index in [4.69, 9.17) is 9.73 Å². The maximum absolute atomic E-state index is 6.66. The van der Waals surface area contributed by atoms with E-state index in [1.807, 2.05) is 0 Å². The van der Waals surface area contributed by atoms with Crippen molar-refractivity contribution in [1.29, 1.82) is 0 Å². The van der Waals surface area contributed by atoms with Crippen LogP contribution in [0.5, 0.6) is 0 Å². The van der Waals surface area contributed by atoms with Gasteiger partial charge in [-0.1, -0.05) is 121 Å². The normalized spacial score (nSPS) is 18.6. The quantitative estimate of drug-likeness (QED) is 0.169. The number of ether oxygens (including phenoxy) is 1. The van der Waals surface area contributed by atoms with Gasteiger partial charge in [-0.3, -0.25) is 4.57 Å². The Hall–Kier alpha value is -6.49. The number of para-hydroxylation sites is 2. The zero-order chi connectivity index (χ0) is 35.2. The van der Waals surface area contributed by atoms with Crippen molar-refractivity contribution in [2.45, 2.75) is 19.4 Å². The van der Waals surface area contributed by atoms with Crippen LogP contribution in [0.25, 0.3) is 81.9 Å². The first-order chi connectivity index (χ1) is 26.7. The van der Waals surface area contributed by atoms with Gasteiger partial charge < -0.3 is 9.14 Å². The van der Waals surface area contributed by atoms with E-state index in [2.05, 4.69) is 161 Å². The molecule has 10 aromatic rings. The maximum atomic E-state index is 6.66. The lowest BCUT2D eigenvalue weighted by Crippen LogP contribution is -2.15. The Morgan fingerprint density at radius 2 is 1.35 bits per heavy atom. The zero-order valence-corrected chi connectivity index (χ0v) is 29.7. The number of aromatic nitrogens is 2. The van der Waals surface area contributed by atoms with E-state index in [0.29, 0.717) is 6.61 Å². The molecule has 2 atom stereocenters. The van der Waals surface area contributed by atoms with Gasteiger partial charge in [-0.2, -0.15) is 0 Å². The fourth-order valence-electron chi connectivity index (χ4n) is 10.2. The predicted molar refractivity (Wildman–Crippen MR) is 224 cm³/mol. The molecule has 5 heterocycles. The molecule has 3 aliphatic rings. The molecular formula is C50H33N3O. The number of hydrogen-bond donors (Lipinski definition) is 0. The molecule has 0 spiro atoms. The summed E-state index contributed by atoms with van der Waals surface area (Å²) in [6.45, 7) is 2.69. The summed E-state index contributed by atoms with van der Waals surface area (Å²) in [6, 6.07) is 53.5. The summed E-state index contributed by atoms with van der Waals surface area (Å²) in [7, 11) is 0. The molecule has 1 saturated carbocycles. The van der Waals surface area contributed by atoms with Crippen LogP contribution in [-0.4, -0.2) is 21.4 Å². The summed E-state index contributed by atoms with van der Waals surface area (Å²) in [6.07, 6.45) is 0.936. The number of rotatable bonds is 1. The molecule has 54 heavy (non-hydrogen) atoms. The second kappa shape index (κ2) is 10.3. The predicted octanol–water partition coefficient (Wildman–Crippen LogP) is 12.3. The first-order valence-electron chi connectivity index (χ1n) is 19.1. The van der Waals surface area contributed by atoms with Crippen molar-refractivity contribution in [3.05, 3.63) is 173 Å². The minimum Gasteiger partial charge on any atom is -0.369 e. The van der Waals surface area contributed by atoms with Gasteiger partial charge in [0.2, 0.25) is 0 Å². The summed E-state index contributed by atoms with van der Waals surface area (Å²) in [4.78, 5) is 5.92. The first kappa shape index (κ1) is 29.0. The summed E-state index contributed by atoms with van der Waals surface area (Å²) in [5.41, 5.74) is 14.8. The SMILES string of the molecule is C[C@@H]1OCC2=C(N=C(n3c4ccccc4c4cc5c6c7ccccc7ccc6n6c7ccccc7c(c43)c56)C3CC3=C2c2ccccc2)c2ccccc21. The van der Waals surface area contributed by atoms with Gasteiger partial charge in [-0.15, -0.1) is 0 Å². The average molecular weight is 692 g/mol. The molecule has 7 aromatic carbocycles. The number of nitrogens with zero attached hydrogens (tertiary/aromatic N) is 3. The molecule has 2 aliphatic heterocycles. The fraction of sp³-hybridized carbons (Fsp3) is 0.100. The smallest absolute Gasteiger partial charge is 0.121 e. The van der Waals surface area contributed by atoms with Gasteiger partial charge in [0.25, 0.3) is 0 Å². The van der Waals surface area contributed by atoms with Crippen molar-refractivity contribution >= 4 is 87.8 Å². The first-order valence-corrected chi connectivity index (χ1v) is 19.1. The Morgan fingerprint density at radius 1 is 0.611 bits per heavy atom. The summed E-state index contributed by atoms with van der Waals surface area (Å²) < 4.78 is 11.7. The fourth-order valence-corrected chi connectivity index (χ4v) is 10.2. The van der Waals surface area contributed by atoms with Gasteiger partial charge in [-0.25, -0.2) is 4.99 Å². The van der Waals surface area contributed by atoms with Gasteiger partial charge in [0.15, 0.2) is 0 Å². The van der Waals surface area contributed by atoms with Crippen molar-refractivity contribution in [2.24, 2.45) is 10.9 Å². The molecule has 0 bridgehead atoms. The minimum absolute atomic E-state index is 0.0412.